The molecule has 0 aliphatic rings. The normalized spacial score (nSPS) is 11.6. The summed E-state index contributed by atoms with van der Waals surface area (Å²) < 4.78 is 86.2. The van der Waals surface area contributed by atoms with E-state index in [0.29, 0.717) is 6.29 Å². The summed E-state index contributed by atoms with van der Waals surface area (Å²) in [5.74, 6) is -5.20. The lowest BCUT2D eigenvalue weighted by molar-refractivity contribution is -0.145. The number of nitrogens with one attached hydrogen (secondary N) is 4. The van der Waals surface area contributed by atoms with E-state index in [0.717, 1.165) is 0 Å². The molecule has 31 heteroatoms. The maximum Gasteiger partial charge on any atom is 0.407 e. The predicted octanol–water partition coefficient (Wildman–Crippen LogP) is -0.247. The smallest absolute Gasteiger partial charge is 0.407 e. The molecule has 4 N–H and O–H groups in total. The van der Waals surface area contributed by atoms with Gasteiger partial charge in [-0.3, -0.25) is 43.2 Å². The molecule has 4 amide bonds. The van der Waals surface area contributed by atoms with Crippen molar-refractivity contribution >= 4 is 65.9 Å². The molecule has 0 aliphatic heterocycles. The molecular weight excluding hydrogens is 1140 g/mol. The van der Waals surface area contributed by atoms with Crippen LogP contribution in [0.25, 0.3) is 0 Å². The van der Waals surface area contributed by atoms with Gasteiger partial charge in [-0.05, 0) is 27.2 Å². The first-order chi connectivity index (χ1) is 40.5. The third-order valence-electron chi connectivity index (χ3n) is 11.3. The maximum atomic E-state index is 13.9. The molecule has 0 saturated heterocycles. The molecule has 31 nitrogen and oxygen atoms in total. The Balaban J connectivity index is 6.87. The summed E-state index contributed by atoms with van der Waals surface area (Å²) >= 11 is 0. The van der Waals surface area contributed by atoms with Gasteiger partial charge in [0, 0.05) is 32.2 Å². The van der Waals surface area contributed by atoms with Crippen LogP contribution < -0.4 is 21.3 Å². The number of hydrogen-bond acceptors (Lipinski definition) is 27. The minimum Gasteiger partial charge on any atom is -0.469 e. The Morgan fingerprint density at radius 1 is 0.341 bits per heavy atom. The van der Waals surface area contributed by atoms with Gasteiger partial charge in [-0.25, -0.2) is 4.79 Å². The molecule has 0 aromatic carbocycles. The number of carbonyl (C=O) groups excluding carboxylic acids is 11. The predicted molar refractivity (Wildman–Crippen MR) is 293 cm³/mol. The van der Waals surface area contributed by atoms with Crippen molar-refractivity contribution in [1.82, 2.24) is 21.3 Å². The zero-order valence-electron chi connectivity index (χ0n) is 50.8. The quantitative estimate of drug-likeness (QED) is 0.0264. The fraction of sp³-hybridized carbons (Fsp3) is 0.796. The summed E-state index contributed by atoms with van der Waals surface area (Å²) in [7, 11) is 7.24. The molecule has 0 aromatic heterocycles. The van der Waals surface area contributed by atoms with Gasteiger partial charge < -0.3 is 102 Å². The van der Waals surface area contributed by atoms with Gasteiger partial charge in [-0.2, -0.15) is 0 Å². The lowest BCUT2D eigenvalue weighted by atomic mass is 10.0. The van der Waals surface area contributed by atoms with Crippen LogP contribution in [0.5, 0.6) is 0 Å². The Kier molecular flexibility index (Phi) is 43.6. The first kappa shape index (κ1) is 78.8. The minimum atomic E-state index is -1.57. The van der Waals surface area contributed by atoms with E-state index in [1.54, 1.807) is 20.8 Å². The molecule has 0 spiro atoms. The summed E-state index contributed by atoms with van der Waals surface area (Å²) in [6, 6.07) is 0. The Morgan fingerprint density at radius 2 is 0.576 bits per heavy atom. The van der Waals surface area contributed by atoms with E-state index in [1.165, 1.54) is 42.7 Å². The molecule has 0 rings (SSSR count). The van der Waals surface area contributed by atoms with Crippen LogP contribution in [0.3, 0.4) is 0 Å². The molecule has 0 radical (unpaired) electrons. The monoisotopic (exact) mass is 1230 g/mol. The summed E-state index contributed by atoms with van der Waals surface area (Å²) in [5, 5.41) is 11.2. The highest BCUT2D eigenvalue weighted by Gasteiger charge is 2.37. The summed E-state index contributed by atoms with van der Waals surface area (Å²) in [6.45, 7) is 0.815. The highest BCUT2D eigenvalue weighted by molar-refractivity contribution is 5.78. The van der Waals surface area contributed by atoms with Crippen LogP contribution in [0.15, 0.2) is 0 Å². The number of esters is 6. The number of methoxy groups -OCH3 is 6. The van der Waals surface area contributed by atoms with Gasteiger partial charge >= 0.3 is 41.9 Å². The number of amides is 4. The van der Waals surface area contributed by atoms with Crippen molar-refractivity contribution in [3.8, 4) is 0 Å². The van der Waals surface area contributed by atoms with E-state index in [4.69, 9.17) is 75.8 Å². The number of aldehydes is 1. The van der Waals surface area contributed by atoms with Gasteiger partial charge in [-0.1, -0.05) is 0 Å². The summed E-state index contributed by atoms with van der Waals surface area (Å²) in [6.07, 6.45) is -1.59. The first-order valence-electron chi connectivity index (χ1n) is 27.4. The van der Waals surface area contributed by atoms with Crippen molar-refractivity contribution in [2.45, 2.75) is 114 Å². The second-order valence-corrected chi connectivity index (χ2v) is 19.9. The zero-order chi connectivity index (χ0) is 63.8. The zero-order valence-corrected chi connectivity index (χ0v) is 50.8. The standard InChI is InChI=1S/C54H92N4O27/c1-51(2,3)85-50(69)55-21-10-12-41(60)56-52(32-76-23-11-22-59,33-77-24-13-42(61)57-53(35-79-26-15-44(63)70-4,36-80-27-16-45(64)71-5)37-81-28-17-46(65)72-6)34-78-25-14-43(62)58-54(38-82-29-18-47(66)73-7,39-83-30-19-48(67)74-8)40-84-31-20-49(68)75-9/h22H,10-21,23-40H2,1-9H3,(H,55,69)(H,56,60)(H,57,61)(H,58,62). The third-order valence-corrected chi connectivity index (χ3v) is 11.3. The van der Waals surface area contributed by atoms with Crippen LogP contribution >= 0.6 is 0 Å². The first-order valence-corrected chi connectivity index (χ1v) is 27.4. The van der Waals surface area contributed by atoms with Crippen molar-refractivity contribution < 1.29 is 129 Å². The lowest BCUT2D eigenvalue weighted by Gasteiger charge is -2.35. The van der Waals surface area contributed by atoms with Crippen LogP contribution in [0.1, 0.15) is 91.4 Å². The Labute approximate surface area is 496 Å². The molecule has 0 heterocycles. The van der Waals surface area contributed by atoms with E-state index >= 15 is 0 Å². The topological polar surface area (TPSA) is 384 Å². The summed E-state index contributed by atoms with van der Waals surface area (Å²) in [4.78, 5) is 136. The molecule has 85 heavy (non-hydrogen) atoms. The SMILES string of the molecule is COC(=O)CCOCC(COCCC(=O)OC)(COCCC(=O)OC)NC(=O)CCOCC(COCCC=O)(COCCC(=O)NC(COCCC(=O)OC)(COCCC(=O)OC)COCCC(=O)OC)NC(=O)CCCNC(=O)OC(C)(C)C. The Hall–Kier alpha value is -6.19. The van der Waals surface area contributed by atoms with Gasteiger partial charge in [0.2, 0.25) is 17.7 Å². The van der Waals surface area contributed by atoms with Crippen LogP contribution in [0, 0.1) is 0 Å². The number of hydrogen-bond donors (Lipinski definition) is 4. The van der Waals surface area contributed by atoms with Gasteiger partial charge in [-0.15, -0.1) is 0 Å². The molecule has 0 bridgehead atoms. The van der Waals surface area contributed by atoms with Crippen molar-refractivity contribution in [1.29, 1.82) is 0 Å². The van der Waals surface area contributed by atoms with Gasteiger partial charge in [0.15, 0.2) is 0 Å². The van der Waals surface area contributed by atoms with Crippen molar-refractivity contribution in [2.24, 2.45) is 0 Å². The highest BCUT2D eigenvalue weighted by atomic mass is 16.6. The number of ether oxygens (including phenoxy) is 16. The van der Waals surface area contributed by atoms with Crippen molar-refractivity contribution in [2.75, 3.05) is 168 Å². The number of rotatable bonds is 52. The average molecular weight is 1230 g/mol. The van der Waals surface area contributed by atoms with E-state index in [-0.39, 0.29) is 196 Å². The largest absolute Gasteiger partial charge is 0.469 e. The van der Waals surface area contributed by atoms with Crippen LogP contribution in [-0.4, -0.2) is 256 Å². The van der Waals surface area contributed by atoms with E-state index in [1.807, 2.05) is 0 Å². The number of carbonyl (C=O) groups is 11. The van der Waals surface area contributed by atoms with Crippen molar-refractivity contribution in [3.05, 3.63) is 0 Å². The lowest BCUT2D eigenvalue weighted by Crippen LogP contribution is -2.59. The molecule has 0 atom stereocenters. The number of alkyl carbamates (subject to hydrolysis) is 1. The van der Waals surface area contributed by atoms with Crippen LogP contribution in [0.2, 0.25) is 0 Å². The Bertz CT molecular complexity index is 1760. The molecular formula is C54H92N4O27. The van der Waals surface area contributed by atoms with Gasteiger partial charge in [0.25, 0.3) is 0 Å². The molecule has 0 aromatic rings. The van der Waals surface area contributed by atoms with Crippen molar-refractivity contribution in [3.63, 3.8) is 0 Å². The highest BCUT2D eigenvalue weighted by Crippen LogP contribution is 2.16. The van der Waals surface area contributed by atoms with Gasteiger partial charge in [0.1, 0.15) is 28.5 Å². The van der Waals surface area contributed by atoms with E-state index in [2.05, 4.69) is 21.3 Å². The maximum absolute atomic E-state index is 13.9. The van der Waals surface area contributed by atoms with Crippen LogP contribution in [-0.2, 0) is 124 Å². The van der Waals surface area contributed by atoms with Crippen LogP contribution in [0.4, 0.5) is 4.79 Å². The molecule has 490 valence electrons. The molecule has 0 aliphatic carbocycles. The van der Waals surface area contributed by atoms with E-state index in [9.17, 15) is 52.7 Å². The molecule has 0 unspecified atom stereocenters. The molecule has 0 fully saturated rings. The minimum absolute atomic E-state index is 0.0255. The average Bonchev–Trinajstić information content (AvgIpc) is 3.55. The van der Waals surface area contributed by atoms with Gasteiger partial charge in [0.05, 0.1) is 200 Å². The molecule has 0 saturated carbocycles. The van der Waals surface area contributed by atoms with E-state index < -0.39 is 81.8 Å². The second kappa shape index (κ2) is 47.0. The fourth-order valence-corrected chi connectivity index (χ4v) is 6.94. The summed E-state index contributed by atoms with van der Waals surface area (Å²) in [5.41, 5.74) is -5.30. The Morgan fingerprint density at radius 3 is 0.812 bits per heavy atom. The second-order valence-electron chi connectivity index (χ2n) is 19.9. The fourth-order valence-electron chi connectivity index (χ4n) is 6.94. The third kappa shape index (κ3) is 41.5.